The van der Waals surface area contributed by atoms with E-state index in [0.717, 1.165) is 58.2 Å². The van der Waals surface area contributed by atoms with E-state index in [0.29, 0.717) is 31.1 Å². The summed E-state index contributed by atoms with van der Waals surface area (Å²) in [5.74, 6) is 5.05. The molecule has 0 aromatic carbocycles. The first kappa shape index (κ1) is 54.6. The van der Waals surface area contributed by atoms with Crippen LogP contribution in [0.3, 0.4) is 0 Å². The van der Waals surface area contributed by atoms with Gasteiger partial charge in [0.1, 0.15) is 0 Å². The molecule has 7 aliphatic rings. The van der Waals surface area contributed by atoms with Gasteiger partial charge >= 0.3 is 12.4 Å². The van der Waals surface area contributed by atoms with Crippen molar-refractivity contribution in [3.05, 3.63) is 0 Å². The van der Waals surface area contributed by atoms with Crippen molar-refractivity contribution >= 4 is 0 Å². The lowest BCUT2D eigenvalue weighted by atomic mass is 9.41. The summed E-state index contributed by atoms with van der Waals surface area (Å²) >= 11 is 0. The maximum absolute atomic E-state index is 12.4. The lowest BCUT2D eigenvalue weighted by Crippen LogP contribution is -2.54. The fourth-order valence-electron chi connectivity index (χ4n) is 7.41. The van der Waals surface area contributed by atoms with Gasteiger partial charge in [0.25, 0.3) is 0 Å². The van der Waals surface area contributed by atoms with Crippen LogP contribution in [0.4, 0.5) is 26.3 Å². The Bertz CT molecular complexity index is 1010. The van der Waals surface area contributed by atoms with Gasteiger partial charge in [-0.1, -0.05) is 151 Å². The van der Waals surface area contributed by atoms with Crippen molar-refractivity contribution in [2.45, 2.75) is 234 Å². The van der Waals surface area contributed by atoms with E-state index in [4.69, 9.17) is 0 Å². The van der Waals surface area contributed by atoms with Gasteiger partial charge in [0.2, 0.25) is 0 Å². The van der Waals surface area contributed by atoms with Crippen LogP contribution in [0.2, 0.25) is 0 Å². The van der Waals surface area contributed by atoms with E-state index < -0.39 is 23.2 Å². The van der Waals surface area contributed by atoms with E-state index in [-0.39, 0.29) is 11.8 Å². The normalized spacial score (nSPS) is 25.6. The Morgan fingerprint density at radius 3 is 0.691 bits per heavy atom. The minimum absolute atomic E-state index is 0.257. The standard InChI is InChI=1S/C8H13F3.C8H14.C8H16.C7H11F3.C7H14.C7H16.C4H10/c1-6(2)7(4-3-5-7)8(9,10)11;1-6(2)8-3-7(4-8)5-8;1-7(2)8(3)5-4-6-8;1-5(2)6(3-4-6)7(8,9)10;1-6(2)7(3)4-5-7;1-6(2)7(3,4)5;1-4(2)3/h6H,3-5H2,1-2H3;6-7H,3-5H2,1-2H3;7H,4-6H2,1-3H3;5H,3-4H2,1-2H3;6H,4-5H2,1-3H3;6H,1-5H3;4H,1-3H3. The Hall–Kier alpha value is -0.420. The van der Waals surface area contributed by atoms with Gasteiger partial charge in [-0.05, 0) is 140 Å². The SMILES string of the molecule is CC(C)C.CC(C)C(C)(C)C.CC(C)C1(C(F)(F)F)CC1.CC(C)C1(C(F)(F)F)CCC1.CC(C)C1(C)CC1.CC(C)C1(C)CCC1.CC(C)C12CC(C1)C2. The highest BCUT2D eigenvalue weighted by atomic mass is 19.4. The summed E-state index contributed by atoms with van der Waals surface area (Å²) in [5.41, 5.74) is 0.185. The number of hydrogen-bond donors (Lipinski definition) is 0. The highest BCUT2D eigenvalue weighted by molar-refractivity contribution is 5.08. The average molecular weight is 797 g/mol. The monoisotopic (exact) mass is 797 g/mol. The molecule has 7 saturated carbocycles. The molecule has 0 N–H and O–H groups in total. The molecule has 0 radical (unpaired) electrons. The molecule has 0 heterocycles. The minimum Gasteiger partial charge on any atom is -0.170 e. The zero-order valence-corrected chi connectivity index (χ0v) is 40.1. The molecule has 0 unspecified atom stereocenters. The molecule has 55 heavy (non-hydrogen) atoms. The van der Waals surface area contributed by atoms with Gasteiger partial charge < -0.3 is 0 Å². The van der Waals surface area contributed by atoms with Crippen molar-refractivity contribution in [2.75, 3.05) is 0 Å². The molecule has 0 atom stereocenters. The Balaban J connectivity index is 0.000000628. The van der Waals surface area contributed by atoms with Crippen molar-refractivity contribution in [1.82, 2.24) is 0 Å². The van der Waals surface area contributed by atoms with E-state index in [1.54, 1.807) is 47.0 Å². The summed E-state index contributed by atoms with van der Waals surface area (Å²) in [6, 6.07) is 0. The van der Waals surface area contributed by atoms with E-state index in [2.05, 4.69) is 111 Å². The second-order valence-corrected chi connectivity index (χ2v) is 23.2. The van der Waals surface area contributed by atoms with Crippen molar-refractivity contribution in [3.63, 3.8) is 0 Å². The molecule has 0 aromatic rings. The highest BCUT2D eigenvalue weighted by Crippen LogP contribution is 2.68. The second-order valence-electron chi connectivity index (χ2n) is 23.2. The number of rotatable bonds is 5. The van der Waals surface area contributed by atoms with Gasteiger partial charge in [0, 0.05) is 0 Å². The Labute approximate surface area is 339 Å². The fraction of sp³-hybridized carbons (Fsp3) is 1.00. The maximum atomic E-state index is 12.4. The third-order valence-electron chi connectivity index (χ3n) is 15.7. The maximum Gasteiger partial charge on any atom is 0.394 e. The topological polar surface area (TPSA) is 0 Å². The molecule has 0 spiro atoms. The van der Waals surface area contributed by atoms with Crippen LogP contribution >= 0.6 is 0 Å². The summed E-state index contributed by atoms with van der Waals surface area (Å²) in [5, 5.41) is 0. The van der Waals surface area contributed by atoms with E-state index >= 15 is 0 Å². The second kappa shape index (κ2) is 20.7. The molecule has 0 saturated heterocycles. The van der Waals surface area contributed by atoms with Crippen molar-refractivity contribution in [3.8, 4) is 0 Å². The minimum atomic E-state index is -3.99. The van der Waals surface area contributed by atoms with Crippen LogP contribution < -0.4 is 0 Å². The van der Waals surface area contributed by atoms with Crippen LogP contribution in [0.1, 0.15) is 222 Å². The van der Waals surface area contributed by atoms with Crippen LogP contribution in [-0.2, 0) is 0 Å². The Kier molecular flexibility index (Phi) is 20.5. The van der Waals surface area contributed by atoms with Gasteiger partial charge in [-0.2, -0.15) is 26.3 Å². The lowest BCUT2D eigenvalue weighted by molar-refractivity contribution is -0.267. The first-order valence-electron chi connectivity index (χ1n) is 22.6. The van der Waals surface area contributed by atoms with Crippen molar-refractivity contribution in [2.24, 2.45) is 79.8 Å². The number of alkyl halides is 6. The summed E-state index contributed by atoms with van der Waals surface area (Å²) in [4.78, 5) is 0. The summed E-state index contributed by atoms with van der Waals surface area (Å²) < 4.78 is 73.7. The zero-order chi connectivity index (χ0) is 43.8. The lowest BCUT2D eigenvalue weighted by Gasteiger charge is -2.64. The number of halogens is 6. The predicted molar refractivity (Wildman–Crippen MR) is 228 cm³/mol. The highest BCUT2D eigenvalue weighted by Gasteiger charge is 2.64. The summed E-state index contributed by atoms with van der Waals surface area (Å²) in [7, 11) is 0. The fourth-order valence-corrected chi connectivity index (χ4v) is 7.41. The largest absolute Gasteiger partial charge is 0.394 e. The smallest absolute Gasteiger partial charge is 0.170 e. The van der Waals surface area contributed by atoms with Gasteiger partial charge in [0.05, 0.1) is 10.8 Å². The molecule has 6 heteroatoms. The van der Waals surface area contributed by atoms with Crippen molar-refractivity contribution < 1.29 is 26.3 Å². The van der Waals surface area contributed by atoms with Crippen LogP contribution in [0.25, 0.3) is 0 Å². The van der Waals surface area contributed by atoms with Crippen molar-refractivity contribution in [1.29, 1.82) is 0 Å². The van der Waals surface area contributed by atoms with Gasteiger partial charge in [-0.15, -0.1) is 0 Å². The van der Waals surface area contributed by atoms with Crippen LogP contribution in [0.5, 0.6) is 0 Å². The first-order chi connectivity index (χ1) is 24.5. The molecule has 0 amide bonds. The van der Waals surface area contributed by atoms with E-state index in [1.807, 2.05) is 0 Å². The van der Waals surface area contributed by atoms with Gasteiger partial charge in [-0.25, -0.2) is 0 Å². The van der Waals surface area contributed by atoms with Crippen LogP contribution in [0, 0.1) is 79.8 Å². The first-order valence-corrected chi connectivity index (χ1v) is 22.6. The molecular weight excluding hydrogens is 703 g/mol. The quantitative estimate of drug-likeness (QED) is 0.243. The molecule has 0 aliphatic heterocycles. The molecule has 0 aromatic heterocycles. The van der Waals surface area contributed by atoms with Crippen LogP contribution in [-0.4, -0.2) is 12.4 Å². The van der Waals surface area contributed by atoms with E-state index in [9.17, 15) is 26.3 Å². The average Bonchev–Trinajstić information content (AvgIpc) is 3.79. The third kappa shape index (κ3) is 15.9. The molecule has 7 fully saturated rings. The molecule has 332 valence electrons. The Morgan fingerprint density at radius 2 is 0.691 bits per heavy atom. The van der Waals surface area contributed by atoms with E-state index in [1.165, 1.54) is 32.1 Å². The van der Waals surface area contributed by atoms with Gasteiger partial charge in [-0.3, -0.25) is 0 Å². The molecule has 0 nitrogen and oxygen atoms in total. The number of hydrogen-bond acceptors (Lipinski definition) is 0. The predicted octanol–water partition coefficient (Wildman–Crippen LogP) is 18.4. The summed E-state index contributed by atoms with van der Waals surface area (Å²) in [6.45, 7) is 43.2. The molecule has 2 bridgehead atoms. The summed E-state index contributed by atoms with van der Waals surface area (Å²) in [6.07, 6.45) is 6.09. The molecule has 7 aliphatic carbocycles. The molecular formula is C49H94F6. The van der Waals surface area contributed by atoms with Crippen LogP contribution in [0.15, 0.2) is 0 Å². The van der Waals surface area contributed by atoms with Gasteiger partial charge in [0.15, 0.2) is 0 Å². The zero-order valence-electron chi connectivity index (χ0n) is 40.1. The Morgan fingerprint density at radius 1 is 0.418 bits per heavy atom. The molecule has 7 rings (SSSR count). The third-order valence-corrected chi connectivity index (χ3v) is 15.7.